The first-order valence-electron chi connectivity index (χ1n) is 8.38. The highest BCUT2D eigenvalue weighted by Crippen LogP contribution is 2.29. The fraction of sp³-hybridized carbons (Fsp3) is 0.158. The van der Waals surface area contributed by atoms with Crippen LogP contribution in [0.2, 0.25) is 0 Å². The highest BCUT2D eigenvalue weighted by Gasteiger charge is 2.31. The Balaban J connectivity index is 1.58. The van der Waals surface area contributed by atoms with Gasteiger partial charge in [-0.05, 0) is 42.5 Å². The molecule has 0 fully saturated rings. The van der Waals surface area contributed by atoms with Crippen LogP contribution in [-0.2, 0) is 17.5 Å². The largest absolute Gasteiger partial charge is 0.497 e. The minimum Gasteiger partial charge on any atom is -0.497 e. The first-order valence-corrected chi connectivity index (χ1v) is 9.20. The number of esters is 1. The molecule has 0 spiro atoms. The lowest BCUT2D eigenvalue weighted by molar-refractivity contribution is -0.137. The van der Waals surface area contributed by atoms with Crippen molar-refractivity contribution < 1.29 is 32.2 Å². The summed E-state index contributed by atoms with van der Waals surface area (Å²) in [6.07, 6.45) is -4.57. The quantitative estimate of drug-likeness (QED) is 0.582. The van der Waals surface area contributed by atoms with Crippen LogP contribution in [0.25, 0.3) is 0 Å². The van der Waals surface area contributed by atoms with Crippen LogP contribution >= 0.6 is 11.3 Å². The summed E-state index contributed by atoms with van der Waals surface area (Å²) in [6, 6.07) is 10.5. The van der Waals surface area contributed by atoms with Gasteiger partial charge >= 0.3 is 12.1 Å². The number of benzene rings is 2. The molecule has 30 heavy (non-hydrogen) atoms. The highest BCUT2D eigenvalue weighted by atomic mass is 32.1. The molecule has 0 aliphatic rings. The van der Waals surface area contributed by atoms with Crippen molar-refractivity contribution in [3.05, 3.63) is 69.7 Å². The second-order valence-corrected chi connectivity index (χ2v) is 6.90. The Bertz CT molecular complexity index is 1050. The molecule has 3 rings (SSSR count). The topological polar surface area (TPSA) is 90.4 Å². The SMILES string of the molecule is COc1ccc(NC(=O)c2nnc(COC(=O)c3cccc(C(F)(F)F)c3)s2)cc1. The molecule has 0 atom stereocenters. The molecular weight excluding hydrogens is 423 g/mol. The van der Waals surface area contributed by atoms with Crippen molar-refractivity contribution >= 4 is 28.9 Å². The number of hydrogen-bond donors (Lipinski definition) is 1. The Hall–Kier alpha value is -3.47. The van der Waals surface area contributed by atoms with E-state index in [0.29, 0.717) is 17.5 Å². The Labute approximate surface area is 172 Å². The van der Waals surface area contributed by atoms with Crippen LogP contribution in [0, 0.1) is 0 Å². The average molecular weight is 437 g/mol. The van der Waals surface area contributed by atoms with E-state index in [0.717, 1.165) is 23.5 Å². The first-order chi connectivity index (χ1) is 14.3. The summed E-state index contributed by atoms with van der Waals surface area (Å²) in [5, 5.41) is 10.4. The van der Waals surface area contributed by atoms with E-state index in [2.05, 4.69) is 15.5 Å². The lowest BCUT2D eigenvalue weighted by atomic mass is 10.1. The van der Waals surface area contributed by atoms with Crippen LogP contribution in [0.5, 0.6) is 5.75 Å². The number of amides is 1. The van der Waals surface area contributed by atoms with Gasteiger partial charge in [0, 0.05) is 5.69 Å². The molecule has 0 saturated carbocycles. The number of anilines is 1. The van der Waals surface area contributed by atoms with E-state index in [9.17, 15) is 22.8 Å². The van der Waals surface area contributed by atoms with Crippen LogP contribution < -0.4 is 10.1 Å². The van der Waals surface area contributed by atoms with E-state index in [1.54, 1.807) is 24.3 Å². The molecule has 1 aromatic heterocycles. The number of nitrogens with one attached hydrogen (secondary N) is 1. The van der Waals surface area contributed by atoms with Gasteiger partial charge in [0.1, 0.15) is 12.4 Å². The number of alkyl halides is 3. The van der Waals surface area contributed by atoms with Crippen molar-refractivity contribution in [3.63, 3.8) is 0 Å². The summed E-state index contributed by atoms with van der Waals surface area (Å²) in [6.45, 7) is -0.331. The van der Waals surface area contributed by atoms with Crippen molar-refractivity contribution in [1.82, 2.24) is 10.2 Å². The predicted octanol–water partition coefficient (Wildman–Crippen LogP) is 4.17. The van der Waals surface area contributed by atoms with Gasteiger partial charge in [-0.3, -0.25) is 4.79 Å². The number of ether oxygens (including phenoxy) is 2. The zero-order valence-corrected chi connectivity index (χ0v) is 16.2. The molecule has 11 heteroatoms. The zero-order chi connectivity index (χ0) is 21.7. The van der Waals surface area contributed by atoms with E-state index in [4.69, 9.17) is 9.47 Å². The van der Waals surface area contributed by atoms with Gasteiger partial charge in [-0.25, -0.2) is 4.79 Å². The molecule has 0 bridgehead atoms. The molecule has 0 saturated heterocycles. The molecule has 2 aromatic carbocycles. The third-order valence-electron chi connectivity index (χ3n) is 3.76. The second-order valence-electron chi connectivity index (χ2n) is 5.84. The number of rotatable bonds is 6. The van der Waals surface area contributed by atoms with E-state index >= 15 is 0 Å². The van der Waals surface area contributed by atoms with E-state index < -0.39 is 23.6 Å². The number of methoxy groups -OCH3 is 1. The lowest BCUT2D eigenvalue weighted by Gasteiger charge is -2.08. The lowest BCUT2D eigenvalue weighted by Crippen LogP contribution is -2.11. The maximum Gasteiger partial charge on any atom is 0.416 e. The Morgan fingerprint density at radius 1 is 1.10 bits per heavy atom. The number of carbonyl (C=O) groups excluding carboxylic acids is 2. The van der Waals surface area contributed by atoms with E-state index in [1.807, 2.05) is 0 Å². The summed E-state index contributed by atoms with van der Waals surface area (Å²) in [4.78, 5) is 24.2. The van der Waals surface area contributed by atoms with Gasteiger partial charge in [0.2, 0.25) is 5.01 Å². The van der Waals surface area contributed by atoms with Gasteiger partial charge in [-0.1, -0.05) is 17.4 Å². The first kappa shape index (κ1) is 21.2. The van der Waals surface area contributed by atoms with Gasteiger partial charge in [0.05, 0.1) is 18.2 Å². The molecule has 3 aromatic rings. The van der Waals surface area contributed by atoms with E-state index in [1.165, 1.54) is 13.2 Å². The number of hydrogen-bond acceptors (Lipinski definition) is 7. The third-order valence-corrected chi connectivity index (χ3v) is 4.66. The molecule has 0 radical (unpaired) electrons. The Morgan fingerprint density at radius 2 is 1.83 bits per heavy atom. The summed E-state index contributed by atoms with van der Waals surface area (Å²) in [5.74, 6) is -0.817. The molecule has 1 N–H and O–H groups in total. The van der Waals surface area contributed by atoms with Crippen molar-refractivity contribution in [2.75, 3.05) is 12.4 Å². The van der Waals surface area contributed by atoms with Gasteiger partial charge in [0.15, 0.2) is 5.01 Å². The van der Waals surface area contributed by atoms with Crippen LogP contribution in [0.4, 0.5) is 18.9 Å². The molecular formula is C19H14F3N3O4S. The fourth-order valence-electron chi connectivity index (χ4n) is 2.30. The summed E-state index contributed by atoms with van der Waals surface area (Å²) >= 11 is 0.896. The molecule has 7 nitrogen and oxygen atoms in total. The fourth-order valence-corrected chi connectivity index (χ4v) is 2.94. The zero-order valence-electron chi connectivity index (χ0n) is 15.4. The number of carbonyl (C=O) groups is 2. The summed E-state index contributed by atoms with van der Waals surface area (Å²) in [7, 11) is 1.52. The maximum absolute atomic E-state index is 12.7. The normalized spacial score (nSPS) is 11.1. The number of aromatic nitrogens is 2. The van der Waals surface area contributed by atoms with Crippen LogP contribution in [0.3, 0.4) is 0 Å². The predicted molar refractivity (Wildman–Crippen MR) is 101 cm³/mol. The van der Waals surface area contributed by atoms with Crippen molar-refractivity contribution in [2.45, 2.75) is 12.8 Å². The third kappa shape index (κ3) is 5.32. The second kappa shape index (κ2) is 8.91. The minimum absolute atomic E-state index is 0.0379. The average Bonchev–Trinajstić information content (AvgIpc) is 3.21. The minimum atomic E-state index is -4.57. The standard InChI is InChI=1S/C19H14F3N3O4S/c1-28-14-7-5-13(6-8-14)23-16(26)17-25-24-15(30-17)10-29-18(27)11-3-2-4-12(9-11)19(20,21)22/h2-9H,10H2,1H3,(H,23,26). The van der Waals surface area contributed by atoms with Crippen LogP contribution in [0.15, 0.2) is 48.5 Å². The maximum atomic E-state index is 12.7. The monoisotopic (exact) mass is 437 g/mol. The number of nitrogens with zero attached hydrogens (tertiary/aromatic N) is 2. The smallest absolute Gasteiger partial charge is 0.416 e. The van der Waals surface area contributed by atoms with Gasteiger partial charge in [-0.15, -0.1) is 10.2 Å². The molecule has 0 aliphatic carbocycles. The van der Waals surface area contributed by atoms with Gasteiger partial charge < -0.3 is 14.8 Å². The van der Waals surface area contributed by atoms with Gasteiger partial charge in [0.25, 0.3) is 5.91 Å². The van der Waals surface area contributed by atoms with E-state index in [-0.39, 0.29) is 22.2 Å². The van der Waals surface area contributed by atoms with Crippen LogP contribution in [0.1, 0.15) is 30.7 Å². The van der Waals surface area contributed by atoms with Crippen LogP contribution in [-0.4, -0.2) is 29.2 Å². The summed E-state index contributed by atoms with van der Waals surface area (Å²) in [5.41, 5.74) is -0.675. The van der Waals surface area contributed by atoms with Crippen molar-refractivity contribution in [1.29, 1.82) is 0 Å². The molecule has 1 amide bonds. The molecule has 0 aliphatic heterocycles. The molecule has 0 unspecified atom stereocenters. The summed E-state index contributed by atoms with van der Waals surface area (Å²) < 4.78 is 48.2. The highest BCUT2D eigenvalue weighted by molar-refractivity contribution is 7.13. The Morgan fingerprint density at radius 3 is 2.50 bits per heavy atom. The molecule has 156 valence electrons. The molecule has 1 heterocycles. The van der Waals surface area contributed by atoms with Crippen molar-refractivity contribution in [2.24, 2.45) is 0 Å². The number of halogens is 3. The van der Waals surface area contributed by atoms with Crippen molar-refractivity contribution in [3.8, 4) is 5.75 Å². The Kier molecular flexibility index (Phi) is 6.31. The van der Waals surface area contributed by atoms with Gasteiger partial charge in [-0.2, -0.15) is 13.2 Å².